The summed E-state index contributed by atoms with van der Waals surface area (Å²) in [5.74, 6) is -0.302. The second kappa shape index (κ2) is 12.2. The molecule has 222 valence electrons. The normalized spacial score (nSPS) is 13.5. The number of anilines is 3. The topological polar surface area (TPSA) is 117 Å². The largest absolute Gasteiger partial charge is 0.378 e. The Morgan fingerprint density at radius 2 is 1.63 bits per heavy atom. The van der Waals surface area contributed by atoms with Crippen molar-refractivity contribution in [2.75, 3.05) is 36.5 Å². The van der Waals surface area contributed by atoms with Crippen LogP contribution in [-0.2, 0) is 11.8 Å². The predicted molar refractivity (Wildman–Crippen MR) is 166 cm³/mol. The van der Waals surface area contributed by atoms with E-state index in [1.165, 1.54) is 9.47 Å². The summed E-state index contributed by atoms with van der Waals surface area (Å²) in [5.41, 5.74) is 2.19. The summed E-state index contributed by atoms with van der Waals surface area (Å²) in [6.07, 6.45) is 1.64. The highest BCUT2D eigenvalue weighted by Gasteiger charge is 2.32. The first-order valence-electron chi connectivity index (χ1n) is 14.1. The molecule has 1 aromatic heterocycles. The molecule has 0 saturated carbocycles. The molecule has 1 aliphatic heterocycles. The number of nitrogens with zero attached hydrogens (tertiary/aromatic N) is 4. The van der Waals surface area contributed by atoms with E-state index in [1.54, 1.807) is 92.7 Å². The Kier molecular flexibility index (Phi) is 8.43. The van der Waals surface area contributed by atoms with Gasteiger partial charge in [-0.1, -0.05) is 30.3 Å². The molecule has 2 amide bonds. The van der Waals surface area contributed by atoms with Gasteiger partial charge in [0, 0.05) is 48.7 Å². The zero-order valence-electron chi connectivity index (χ0n) is 24.7. The van der Waals surface area contributed by atoms with Crippen molar-refractivity contribution in [1.82, 2.24) is 14.5 Å². The summed E-state index contributed by atoms with van der Waals surface area (Å²) in [5, 5.41) is 14.2. The molecule has 0 aliphatic carbocycles. The number of morpholine rings is 1. The van der Waals surface area contributed by atoms with Gasteiger partial charge in [0.25, 0.3) is 17.4 Å². The number of hydrogen-bond donors (Lipinski definition) is 2. The van der Waals surface area contributed by atoms with Crippen LogP contribution in [0.2, 0.25) is 0 Å². The van der Waals surface area contributed by atoms with Crippen LogP contribution in [0.3, 0.4) is 0 Å². The first-order chi connectivity index (χ1) is 20.5. The van der Waals surface area contributed by atoms with E-state index in [1.807, 2.05) is 19.1 Å². The quantitative estimate of drug-likeness (QED) is 0.312. The van der Waals surface area contributed by atoms with Gasteiger partial charge in [-0.05, 0) is 68.8 Å². The van der Waals surface area contributed by atoms with Gasteiger partial charge >= 0.3 is 0 Å². The van der Waals surface area contributed by atoms with Crippen LogP contribution in [-0.4, -0.2) is 63.4 Å². The van der Waals surface area contributed by atoms with Crippen LogP contribution < -0.4 is 15.8 Å². The van der Waals surface area contributed by atoms with Crippen molar-refractivity contribution in [3.8, 4) is 11.3 Å². The molecular weight excluding hydrogens is 546 g/mol. The molecule has 0 bridgehead atoms. The van der Waals surface area contributed by atoms with Gasteiger partial charge < -0.3 is 24.6 Å². The Labute approximate surface area is 250 Å². The Balaban J connectivity index is 1.46. The number of aliphatic hydroxyl groups is 1. The van der Waals surface area contributed by atoms with Crippen LogP contribution in [0.1, 0.15) is 40.1 Å². The van der Waals surface area contributed by atoms with Crippen molar-refractivity contribution < 1.29 is 19.4 Å². The molecular formula is C33H35N5O5. The fraction of sp³-hybridized carbons (Fsp3) is 0.273. The maximum absolute atomic E-state index is 13.6. The highest BCUT2D eigenvalue weighted by Crippen LogP contribution is 2.34. The number of benzene rings is 3. The molecule has 2 heterocycles. The fourth-order valence-corrected chi connectivity index (χ4v) is 5.10. The molecule has 0 spiro atoms. The Hall–Kier alpha value is -4.80. The SMILES string of the molecule is Cc1c(-c2cn(C)c(=O)c(Nc3ccc(C(=O)N4CCOCC4)cc3)n2)cccc1N(C(=O)c1ccccc1)C(C)(C)O. The van der Waals surface area contributed by atoms with Crippen molar-refractivity contribution in [2.24, 2.45) is 7.05 Å². The minimum Gasteiger partial charge on any atom is -0.378 e. The van der Waals surface area contributed by atoms with Crippen LogP contribution in [0, 0.1) is 6.92 Å². The molecule has 5 rings (SSSR count). The number of aryl methyl sites for hydroxylation is 1. The number of carbonyl (C=O) groups excluding carboxylic acids is 2. The molecule has 2 N–H and O–H groups in total. The number of nitrogens with one attached hydrogen (secondary N) is 1. The highest BCUT2D eigenvalue weighted by molar-refractivity contribution is 6.07. The summed E-state index contributed by atoms with van der Waals surface area (Å²) in [4.78, 5) is 47.2. The van der Waals surface area contributed by atoms with Gasteiger partial charge in [-0.2, -0.15) is 0 Å². The van der Waals surface area contributed by atoms with Crippen molar-refractivity contribution >= 4 is 29.0 Å². The van der Waals surface area contributed by atoms with E-state index in [9.17, 15) is 19.5 Å². The average molecular weight is 582 g/mol. The van der Waals surface area contributed by atoms with Crippen molar-refractivity contribution in [3.63, 3.8) is 0 Å². The van der Waals surface area contributed by atoms with Crippen LogP contribution in [0.5, 0.6) is 0 Å². The maximum Gasteiger partial charge on any atom is 0.293 e. The molecule has 0 radical (unpaired) electrons. The van der Waals surface area contributed by atoms with E-state index in [0.29, 0.717) is 65.6 Å². The van der Waals surface area contributed by atoms with E-state index in [-0.39, 0.29) is 23.2 Å². The van der Waals surface area contributed by atoms with Crippen LogP contribution in [0.15, 0.2) is 83.8 Å². The monoisotopic (exact) mass is 581 g/mol. The maximum atomic E-state index is 13.6. The fourth-order valence-electron chi connectivity index (χ4n) is 5.10. The number of hydrogen-bond acceptors (Lipinski definition) is 7. The van der Waals surface area contributed by atoms with E-state index in [0.717, 1.165) is 0 Å². The molecule has 1 aliphatic rings. The summed E-state index contributed by atoms with van der Waals surface area (Å²) in [6.45, 7) is 7.14. The number of rotatable bonds is 7. The van der Waals surface area contributed by atoms with Gasteiger partial charge in [0.15, 0.2) is 5.82 Å². The van der Waals surface area contributed by atoms with Crippen LogP contribution in [0.4, 0.5) is 17.2 Å². The molecule has 1 saturated heterocycles. The Morgan fingerprint density at radius 3 is 2.28 bits per heavy atom. The number of carbonyl (C=O) groups is 2. The van der Waals surface area contributed by atoms with Crippen LogP contribution in [0.25, 0.3) is 11.3 Å². The zero-order chi connectivity index (χ0) is 30.7. The first kappa shape index (κ1) is 29.7. The molecule has 10 heteroatoms. The van der Waals surface area contributed by atoms with E-state index < -0.39 is 5.72 Å². The lowest BCUT2D eigenvalue weighted by Crippen LogP contribution is -2.48. The third-order valence-corrected chi connectivity index (χ3v) is 7.36. The van der Waals surface area contributed by atoms with Gasteiger partial charge in [0.1, 0.15) is 5.72 Å². The van der Waals surface area contributed by atoms with E-state index in [4.69, 9.17) is 4.74 Å². The smallest absolute Gasteiger partial charge is 0.293 e. The molecule has 3 aromatic carbocycles. The molecule has 0 unspecified atom stereocenters. The van der Waals surface area contributed by atoms with Crippen molar-refractivity contribution in [1.29, 1.82) is 0 Å². The number of ether oxygens (including phenoxy) is 1. The van der Waals surface area contributed by atoms with Gasteiger partial charge in [-0.25, -0.2) is 4.98 Å². The number of aromatic nitrogens is 2. The first-order valence-corrected chi connectivity index (χ1v) is 14.1. The summed E-state index contributed by atoms with van der Waals surface area (Å²) >= 11 is 0. The predicted octanol–water partition coefficient (Wildman–Crippen LogP) is 4.35. The van der Waals surface area contributed by atoms with Crippen LogP contribution >= 0.6 is 0 Å². The molecule has 1 fully saturated rings. The molecule has 0 atom stereocenters. The average Bonchev–Trinajstić information content (AvgIpc) is 3.00. The minimum absolute atomic E-state index is 0.0629. The summed E-state index contributed by atoms with van der Waals surface area (Å²) < 4.78 is 6.77. The third kappa shape index (κ3) is 6.35. The number of amides is 2. The molecule has 43 heavy (non-hydrogen) atoms. The third-order valence-electron chi connectivity index (χ3n) is 7.36. The highest BCUT2D eigenvalue weighted by atomic mass is 16.5. The lowest BCUT2D eigenvalue weighted by atomic mass is 10.0. The lowest BCUT2D eigenvalue weighted by molar-refractivity contribution is 0.0303. The van der Waals surface area contributed by atoms with E-state index >= 15 is 0 Å². The molecule has 4 aromatic rings. The Bertz CT molecular complexity index is 1690. The van der Waals surface area contributed by atoms with Crippen molar-refractivity contribution in [2.45, 2.75) is 26.5 Å². The van der Waals surface area contributed by atoms with Gasteiger partial charge in [0.05, 0.1) is 24.6 Å². The van der Waals surface area contributed by atoms with Gasteiger partial charge in [-0.3, -0.25) is 19.3 Å². The second-order valence-corrected chi connectivity index (χ2v) is 10.9. The standard InChI is InChI=1S/C33H35N5O5/c1-22-26(11-8-12-28(22)38(33(2,3)42)31(40)23-9-6-5-7-10-23)27-21-36(4)32(41)29(35-27)34-25-15-13-24(14-16-25)30(39)37-17-19-43-20-18-37/h5-16,21,42H,17-20H2,1-4H3,(H,34,35). The second-order valence-electron chi connectivity index (χ2n) is 10.9. The lowest BCUT2D eigenvalue weighted by Gasteiger charge is -2.35. The van der Waals surface area contributed by atoms with Gasteiger partial charge in [-0.15, -0.1) is 0 Å². The molecule has 10 nitrogen and oxygen atoms in total. The summed E-state index contributed by atoms with van der Waals surface area (Å²) in [7, 11) is 1.64. The van der Waals surface area contributed by atoms with Crippen molar-refractivity contribution in [3.05, 3.63) is 106 Å². The Morgan fingerprint density at radius 1 is 0.953 bits per heavy atom. The minimum atomic E-state index is -1.50. The summed E-state index contributed by atoms with van der Waals surface area (Å²) in [6, 6.07) is 21.1. The van der Waals surface area contributed by atoms with E-state index in [2.05, 4.69) is 10.3 Å². The zero-order valence-corrected chi connectivity index (χ0v) is 24.7. The van der Waals surface area contributed by atoms with Gasteiger partial charge in [0.2, 0.25) is 0 Å².